The highest BCUT2D eigenvalue weighted by molar-refractivity contribution is 5.94. The molecule has 1 atom stereocenters. The van der Waals surface area contributed by atoms with Gasteiger partial charge >= 0.3 is 0 Å². The van der Waals surface area contributed by atoms with Crippen LogP contribution >= 0.6 is 0 Å². The maximum atomic E-state index is 15.3. The van der Waals surface area contributed by atoms with E-state index in [4.69, 9.17) is 9.72 Å². The van der Waals surface area contributed by atoms with Gasteiger partial charge in [0.25, 0.3) is 5.91 Å². The number of ether oxygens (including phenoxy) is 1. The first-order valence-electron chi connectivity index (χ1n) is 13.2. The fourth-order valence-electron chi connectivity index (χ4n) is 4.68. The van der Waals surface area contributed by atoms with Crippen molar-refractivity contribution in [1.82, 2.24) is 20.3 Å². The van der Waals surface area contributed by atoms with Crippen molar-refractivity contribution in [3.8, 4) is 11.3 Å². The lowest BCUT2D eigenvalue weighted by Gasteiger charge is -2.32. The van der Waals surface area contributed by atoms with Gasteiger partial charge in [-0.1, -0.05) is 25.1 Å². The Hall–Kier alpha value is -3.98. The molecule has 2 aliphatic rings. The third kappa shape index (κ3) is 5.73. The summed E-state index contributed by atoms with van der Waals surface area (Å²) < 4.78 is 34.9. The maximum absolute atomic E-state index is 15.3. The zero-order chi connectivity index (χ0) is 27.4. The van der Waals surface area contributed by atoms with Gasteiger partial charge in [0.15, 0.2) is 11.6 Å². The van der Waals surface area contributed by atoms with Crippen molar-refractivity contribution in [3.63, 3.8) is 0 Å². The van der Waals surface area contributed by atoms with E-state index in [0.29, 0.717) is 45.5 Å². The highest BCUT2D eigenvalue weighted by atomic mass is 19.1. The summed E-state index contributed by atoms with van der Waals surface area (Å²) in [5.74, 6) is -0.374. The van der Waals surface area contributed by atoms with Crippen molar-refractivity contribution < 1.29 is 18.3 Å². The van der Waals surface area contributed by atoms with Crippen molar-refractivity contribution in [2.24, 2.45) is 0 Å². The number of hydrogen-bond acceptors (Lipinski definition) is 6. The molecule has 9 heteroatoms. The van der Waals surface area contributed by atoms with Crippen LogP contribution in [0.4, 0.5) is 14.6 Å². The molecule has 39 heavy (non-hydrogen) atoms. The van der Waals surface area contributed by atoms with Gasteiger partial charge in [-0.3, -0.25) is 9.78 Å². The molecule has 0 aliphatic carbocycles. The first-order valence-corrected chi connectivity index (χ1v) is 13.2. The zero-order valence-electron chi connectivity index (χ0n) is 22.1. The van der Waals surface area contributed by atoms with Crippen molar-refractivity contribution in [3.05, 3.63) is 81.5 Å². The number of anilines is 1. The molecule has 1 fully saturated rings. The molecule has 0 spiro atoms. The van der Waals surface area contributed by atoms with Crippen LogP contribution in [-0.2, 0) is 11.3 Å². The average molecular weight is 532 g/mol. The SMILES string of the molecule is C/C=c1/ncc(-c2ccnc(N3CCC3)c2F)n/c1=C/C(=C/CC)CNC(=O)c1ccc2c(c1)C(F)COC2. The maximum Gasteiger partial charge on any atom is 0.251 e. The Morgan fingerprint density at radius 2 is 2.08 bits per heavy atom. The van der Waals surface area contributed by atoms with Gasteiger partial charge < -0.3 is 15.0 Å². The number of hydrogen-bond donors (Lipinski definition) is 1. The number of nitrogens with zero attached hydrogens (tertiary/aromatic N) is 4. The van der Waals surface area contributed by atoms with E-state index < -0.39 is 12.0 Å². The molecule has 2 aliphatic heterocycles. The third-order valence-electron chi connectivity index (χ3n) is 6.91. The second-order valence-corrected chi connectivity index (χ2v) is 9.56. The second kappa shape index (κ2) is 11.8. The first kappa shape index (κ1) is 26.6. The number of fused-ring (bicyclic) bond motifs is 1. The van der Waals surface area contributed by atoms with E-state index in [2.05, 4.69) is 15.3 Å². The molecule has 1 aromatic carbocycles. The molecule has 1 N–H and O–H groups in total. The molecule has 1 amide bonds. The third-order valence-corrected chi connectivity index (χ3v) is 6.91. The smallest absolute Gasteiger partial charge is 0.251 e. The minimum atomic E-state index is -1.24. The predicted molar refractivity (Wildman–Crippen MR) is 147 cm³/mol. The number of aromatic nitrogens is 3. The van der Waals surface area contributed by atoms with Crippen LogP contribution in [0.15, 0.2) is 48.3 Å². The van der Waals surface area contributed by atoms with Crippen molar-refractivity contribution in [2.75, 3.05) is 31.1 Å². The highest BCUT2D eigenvalue weighted by Gasteiger charge is 2.23. The number of benzene rings is 1. The van der Waals surface area contributed by atoms with E-state index in [0.717, 1.165) is 37.1 Å². The Morgan fingerprint density at radius 3 is 2.82 bits per heavy atom. The van der Waals surface area contributed by atoms with Gasteiger partial charge in [-0.15, -0.1) is 0 Å². The van der Waals surface area contributed by atoms with Crippen LogP contribution in [-0.4, -0.2) is 47.1 Å². The number of pyridine rings is 1. The number of alkyl halides is 1. The van der Waals surface area contributed by atoms with Gasteiger partial charge in [0.2, 0.25) is 0 Å². The fourth-order valence-corrected chi connectivity index (χ4v) is 4.68. The molecule has 2 aromatic heterocycles. The van der Waals surface area contributed by atoms with Crippen LogP contribution in [0.2, 0.25) is 0 Å². The number of rotatable bonds is 7. The molecule has 0 saturated carbocycles. The molecule has 5 rings (SSSR count). The molecule has 4 heterocycles. The average Bonchev–Trinajstić information content (AvgIpc) is 2.92. The van der Waals surface area contributed by atoms with Crippen LogP contribution in [0, 0.1) is 5.82 Å². The molecule has 1 saturated heterocycles. The van der Waals surface area contributed by atoms with Crippen molar-refractivity contribution in [2.45, 2.75) is 39.5 Å². The Morgan fingerprint density at radius 1 is 1.23 bits per heavy atom. The Balaban J connectivity index is 1.41. The normalized spacial score (nSPS) is 18.1. The molecule has 7 nitrogen and oxygen atoms in total. The Bertz CT molecular complexity index is 1530. The van der Waals surface area contributed by atoms with E-state index in [9.17, 15) is 9.18 Å². The van der Waals surface area contributed by atoms with Gasteiger partial charge in [-0.2, -0.15) is 0 Å². The van der Waals surface area contributed by atoms with Gasteiger partial charge in [0.1, 0.15) is 6.17 Å². The van der Waals surface area contributed by atoms with Crippen LogP contribution in [0.25, 0.3) is 23.4 Å². The molecule has 202 valence electrons. The van der Waals surface area contributed by atoms with E-state index in [1.165, 1.54) is 0 Å². The summed E-state index contributed by atoms with van der Waals surface area (Å²) in [6, 6.07) is 6.62. The van der Waals surface area contributed by atoms with E-state index in [1.807, 2.05) is 37.0 Å². The summed E-state index contributed by atoms with van der Waals surface area (Å²) in [6.07, 6.45) is 9.35. The second-order valence-electron chi connectivity index (χ2n) is 9.56. The van der Waals surface area contributed by atoms with Crippen molar-refractivity contribution in [1.29, 1.82) is 0 Å². The number of halogens is 2. The highest BCUT2D eigenvalue weighted by Crippen LogP contribution is 2.29. The van der Waals surface area contributed by atoms with Gasteiger partial charge in [0.05, 0.1) is 35.8 Å². The number of amides is 1. The number of carbonyl (C=O) groups is 1. The number of allylic oxidation sites excluding steroid dienone is 1. The number of nitrogens with one attached hydrogen (secondary N) is 1. The molecule has 0 radical (unpaired) electrons. The van der Waals surface area contributed by atoms with Crippen molar-refractivity contribution >= 4 is 23.9 Å². The lowest BCUT2D eigenvalue weighted by Crippen LogP contribution is -2.38. The predicted octanol–water partition coefficient (Wildman–Crippen LogP) is 3.78. The summed E-state index contributed by atoms with van der Waals surface area (Å²) in [4.78, 5) is 28.3. The molecular weight excluding hydrogens is 500 g/mol. The van der Waals surface area contributed by atoms with Crippen LogP contribution in [0.1, 0.15) is 54.3 Å². The topological polar surface area (TPSA) is 80.2 Å². The van der Waals surface area contributed by atoms with Gasteiger partial charge in [-0.25, -0.2) is 18.7 Å². The van der Waals surface area contributed by atoms with Crippen LogP contribution in [0.5, 0.6) is 0 Å². The standard InChI is InChI=1S/C30H31F2N5O2/c1-3-6-19(15-35-30(38)20-7-8-21-17-39-18-24(31)23(21)14-20)13-26-25(4-2)34-16-27(36-26)22-9-10-33-29(28(22)32)37-11-5-12-37/h4,6-10,13-14,16,24H,3,5,11-12,15,17-18H2,1-2H3,(H,35,38)/b19-6-,25-4+,26-13+. The molecule has 3 aromatic rings. The Labute approximate surface area is 226 Å². The van der Waals surface area contributed by atoms with E-state index in [1.54, 1.807) is 36.7 Å². The minimum Gasteiger partial charge on any atom is -0.373 e. The molecule has 0 bridgehead atoms. The van der Waals surface area contributed by atoms with Gasteiger partial charge in [-0.05, 0) is 60.7 Å². The quantitative estimate of drug-likeness (QED) is 0.500. The lowest BCUT2D eigenvalue weighted by molar-refractivity contribution is 0.0512. The summed E-state index contributed by atoms with van der Waals surface area (Å²) in [7, 11) is 0. The molecular formula is C30H31F2N5O2. The Kier molecular flexibility index (Phi) is 8.07. The zero-order valence-corrected chi connectivity index (χ0v) is 22.1. The summed E-state index contributed by atoms with van der Waals surface area (Å²) in [6.45, 7) is 6.01. The fraction of sp³-hybridized carbons (Fsp3) is 0.333. The summed E-state index contributed by atoms with van der Waals surface area (Å²) in [5, 5.41) is 4.14. The first-order chi connectivity index (χ1) is 19.0. The summed E-state index contributed by atoms with van der Waals surface area (Å²) in [5.41, 5.74) is 3.23. The summed E-state index contributed by atoms with van der Waals surface area (Å²) >= 11 is 0. The van der Waals surface area contributed by atoms with Crippen LogP contribution in [0.3, 0.4) is 0 Å². The van der Waals surface area contributed by atoms with E-state index in [-0.39, 0.29) is 19.1 Å². The molecule has 1 unspecified atom stereocenters. The lowest BCUT2D eigenvalue weighted by atomic mass is 9.98. The monoisotopic (exact) mass is 531 g/mol. The van der Waals surface area contributed by atoms with Gasteiger partial charge in [0, 0.05) is 37.0 Å². The number of carbonyl (C=O) groups excluding carboxylic acids is 1. The minimum absolute atomic E-state index is 0.00371. The largest absolute Gasteiger partial charge is 0.373 e. The van der Waals surface area contributed by atoms with E-state index >= 15 is 4.39 Å². The van der Waals surface area contributed by atoms with Crippen LogP contribution < -0.4 is 20.9 Å².